The topological polar surface area (TPSA) is 60.9 Å². The predicted octanol–water partition coefficient (Wildman–Crippen LogP) is 3.03. The Kier molecular flexibility index (Phi) is 3.35. The number of carbonyl (C=O) groups is 1. The van der Waals surface area contributed by atoms with Crippen LogP contribution in [-0.2, 0) is 10.2 Å². The number of unbranched alkanes of at least 4 members (excludes halogenated alkanes) is 2. The fourth-order valence-electron chi connectivity index (χ4n) is 4.14. The number of hydrogen-bond donors (Lipinski definition) is 0. The van der Waals surface area contributed by atoms with Crippen LogP contribution in [-0.4, -0.2) is 30.8 Å². The van der Waals surface area contributed by atoms with Crippen LogP contribution < -0.4 is 19.1 Å². The average Bonchev–Trinajstić information content (AvgIpc) is 3.33. The summed E-state index contributed by atoms with van der Waals surface area (Å²) >= 11 is 0. The molecule has 1 aromatic heterocycles. The molecule has 1 amide bonds. The summed E-state index contributed by atoms with van der Waals surface area (Å²) in [7, 11) is 0. The number of benzene rings is 1. The second kappa shape index (κ2) is 5.62. The van der Waals surface area contributed by atoms with E-state index in [0.29, 0.717) is 23.8 Å². The van der Waals surface area contributed by atoms with Crippen molar-refractivity contribution in [3.05, 3.63) is 41.7 Å². The Morgan fingerprint density at radius 2 is 2.00 bits per heavy atom. The van der Waals surface area contributed by atoms with E-state index in [0.717, 1.165) is 36.2 Å². The number of hydrogen-bond acceptors (Lipinski definition) is 5. The first-order chi connectivity index (χ1) is 12.8. The van der Waals surface area contributed by atoms with Crippen molar-refractivity contribution in [3.63, 3.8) is 0 Å². The highest BCUT2D eigenvalue weighted by molar-refractivity contribution is 6.11. The van der Waals surface area contributed by atoms with Gasteiger partial charge >= 0.3 is 0 Å². The third-order valence-electron chi connectivity index (χ3n) is 5.46. The SMILES string of the molecule is CCCCCN1C(=O)C2(COc3cc4c(cc32)OCO4)c2ncccc21. The minimum Gasteiger partial charge on any atom is -0.491 e. The molecule has 0 radical (unpaired) electrons. The van der Waals surface area contributed by atoms with Gasteiger partial charge in [-0.05, 0) is 24.6 Å². The molecule has 0 N–H and O–H groups in total. The van der Waals surface area contributed by atoms with Crippen molar-refractivity contribution in [1.82, 2.24) is 4.98 Å². The van der Waals surface area contributed by atoms with Gasteiger partial charge in [0.15, 0.2) is 16.9 Å². The highest BCUT2D eigenvalue weighted by Crippen LogP contribution is 2.54. The molecular weight excluding hydrogens is 332 g/mol. The number of ether oxygens (including phenoxy) is 3. The van der Waals surface area contributed by atoms with E-state index in [1.54, 1.807) is 6.20 Å². The molecule has 0 bridgehead atoms. The Labute approximate surface area is 151 Å². The summed E-state index contributed by atoms with van der Waals surface area (Å²) in [6, 6.07) is 7.57. The maximum Gasteiger partial charge on any atom is 0.247 e. The summed E-state index contributed by atoms with van der Waals surface area (Å²) in [5.41, 5.74) is 1.60. The summed E-state index contributed by atoms with van der Waals surface area (Å²) in [4.78, 5) is 20.1. The number of aromatic nitrogens is 1. The van der Waals surface area contributed by atoms with E-state index >= 15 is 0 Å². The van der Waals surface area contributed by atoms with Crippen LogP contribution in [0.2, 0.25) is 0 Å². The van der Waals surface area contributed by atoms with Gasteiger partial charge < -0.3 is 19.1 Å². The first-order valence-corrected chi connectivity index (χ1v) is 9.10. The molecule has 1 spiro atoms. The summed E-state index contributed by atoms with van der Waals surface area (Å²) in [6.45, 7) is 3.31. The fraction of sp³-hybridized carbons (Fsp3) is 0.400. The molecule has 0 aliphatic carbocycles. The number of nitrogens with zero attached hydrogens (tertiary/aromatic N) is 2. The summed E-state index contributed by atoms with van der Waals surface area (Å²) in [5.74, 6) is 2.03. The van der Waals surface area contributed by atoms with Crippen LogP contribution in [0.4, 0.5) is 5.69 Å². The molecule has 6 nitrogen and oxygen atoms in total. The Hall–Kier alpha value is -2.76. The molecule has 26 heavy (non-hydrogen) atoms. The van der Waals surface area contributed by atoms with Crippen molar-refractivity contribution in [2.24, 2.45) is 0 Å². The van der Waals surface area contributed by atoms with Crippen LogP contribution in [0.1, 0.15) is 37.4 Å². The molecule has 1 atom stereocenters. The third kappa shape index (κ3) is 1.92. The first-order valence-electron chi connectivity index (χ1n) is 9.10. The number of pyridine rings is 1. The standard InChI is InChI=1S/C20H20N2O4/c1-2-3-4-8-22-14-6-5-7-21-18(14)20(19(22)23)11-24-15-10-17-16(9-13(15)20)25-12-26-17/h5-7,9-10H,2-4,8,11-12H2,1H3. The predicted molar refractivity (Wildman–Crippen MR) is 95.0 cm³/mol. The lowest BCUT2D eigenvalue weighted by molar-refractivity contribution is -0.122. The largest absolute Gasteiger partial charge is 0.491 e. The number of carbonyl (C=O) groups excluding carboxylic acids is 1. The van der Waals surface area contributed by atoms with Gasteiger partial charge in [-0.15, -0.1) is 0 Å². The molecule has 0 saturated heterocycles. The van der Waals surface area contributed by atoms with Crippen LogP contribution in [0.15, 0.2) is 30.5 Å². The molecule has 2 aromatic rings. The zero-order valence-electron chi connectivity index (χ0n) is 14.7. The van der Waals surface area contributed by atoms with Gasteiger partial charge in [0.1, 0.15) is 12.4 Å². The highest BCUT2D eigenvalue weighted by Gasteiger charge is 2.58. The smallest absolute Gasteiger partial charge is 0.247 e. The Balaban J connectivity index is 1.63. The van der Waals surface area contributed by atoms with E-state index in [9.17, 15) is 4.79 Å². The zero-order valence-corrected chi connectivity index (χ0v) is 14.7. The van der Waals surface area contributed by atoms with Crippen molar-refractivity contribution >= 4 is 11.6 Å². The molecule has 0 saturated carbocycles. The van der Waals surface area contributed by atoms with E-state index in [4.69, 9.17) is 14.2 Å². The van der Waals surface area contributed by atoms with Crippen molar-refractivity contribution in [1.29, 1.82) is 0 Å². The molecule has 3 aliphatic rings. The quantitative estimate of drug-likeness (QED) is 0.792. The second-order valence-electron chi connectivity index (χ2n) is 6.93. The molecule has 1 unspecified atom stereocenters. The van der Waals surface area contributed by atoms with Gasteiger partial charge in [-0.2, -0.15) is 0 Å². The average molecular weight is 352 g/mol. The summed E-state index contributed by atoms with van der Waals surface area (Å²) in [6.07, 6.45) is 4.93. The first kappa shape index (κ1) is 15.5. The lowest BCUT2D eigenvalue weighted by atomic mass is 9.79. The van der Waals surface area contributed by atoms with Gasteiger partial charge in [0.05, 0.1) is 11.4 Å². The Bertz CT molecular complexity index is 897. The molecule has 3 aliphatic heterocycles. The van der Waals surface area contributed by atoms with E-state index < -0.39 is 5.41 Å². The van der Waals surface area contributed by atoms with E-state index in [-0.39, 0.29) is 19.3 Å². The normalized spacial score (nSPS) is 21.9. The van der Waals surface area contributed by atoms with Gasteiger partial charge in [0.25, 0.3) is 0 Å². The van der Waals surface area contributed by atoms with Crippen LogP contribution in [0.5, 0.6) is 17.2 Å². The number of fused-ring (bicyclic) bond motifs is 5. The lowest BCUT2D eigenvalue weighted by Crippen LogP contribution is -2.43. The molecular formula is C20H20N2O4. The van der Waals surface area contributed by atoms with Crippen LogP contribution in [0.25, 0.3) is 0 Å². The minimum absolute atomic E-state index is 0.0416. The Morgan fingerprint density at radius 3 is 2.85 bits per heavy atom. The maximum atomic E-state index is 13.6. The monoisotopic (exact) mass is 352 g/mol. The van der Waals surface area contributed by atoms with Crippen molar-refractivity contribution < 1.29 is 19.0 Å². The fourth-order valence-corrected chi connectivity index (χ4v) is 4.14. The van der Waals surface area contributed by atoms with E-state index in [1.807, 2.05) is 29.2 Å². The lowest BCUT2D eigenvalue weighted by Gasteiger charge is -2.22. The number of amides is 1. The molecule has 134 valence electrons. The second-order valence-corrected chi connectivity index (χ2v) is 6.93. The zero-order chi connectivity index (χ0) is 17.7. The third-order valence-corrected chi connectivity index (χ3v) is 5.46. The molecule has 0 fully saturated rings. The minimum atomic E-state index is -0.890. The van der Waals surface area contributed by atoms with Crippen molar-refractivity contribution in [2.75, 3.05) is 24.8 Å². The van der Waals surface area contributed by atoms with Gasteiger partial charge in [-0.1, -0.05) is 19.8 Å². The van der Waals surface area contributed by atoms with Gasteiger partial charge in [-0.25, -0.2) is 0 Å². The van der Waals surface area contributed by atoms with Crippen molar-refractivity contribution in [3.8, 4) is 17.2 Å². The maximum absolute atomic E-state index is 13.6. The van der Waals surface area contributed by atoms with Crippen LogP contribution >= 0.6 is 0 Å². The number of anilines is 1. The number of rotatable bonds is 4. The van der Waals surface area contributed by atoms with Crippen molar-refractivity contribution in [2.45, 2.75) is 31.6 Å². The van der Waals surface area contributed by atoms with Crippen LogP contribution in [0.3, 0.4) is 0 Å². The highest BCUT2D eigenvalue weighted by atomic mass is 16.7. The Morgan fingerprint density at radius 1 is 1.15 bits per heavy atom. The van der Waals surface area contributed by atoms with Gasteiger partial charge in [0, 0.05) is 24.4 Å². The van der Waals surface area contributed by atoms with E-state index in [1.165, 1.54) is 0 Å². The van der Waals surface area contributed by atoms with Gasteiger partial charge in [-0.3, -0.25) is 9.78 Å². The molecule has 1 aromatic carbocycles. The molecule has 4 heterocycles. The van der Waals surface area contributed by atoms with E-state index in [2.05, 4.69) is 11.9 Å². The molecule has 5 rings (SSSR count). The van der Waals surface area contributed by atoms with Crippen LogP contribution in [0, 0.1) is 0 Å². The summed E-state index contributed by atoms with van der Waals surface area (Å²) in [5, 5.41) is 0. The summed E-state index contributed by atoms with van der Waals surface area (Å²) < 4.78 is 16.9. The molecule has 6 heteroatoms. The van der Waals surface area contributed by atoms with Gasteiger partial charge in [0.2, 0.25) is 12.7 Å².